The lowest BCUT2D eigenvalue weighted by Gasteiger charge is -2.11. The summed E-state index contributed by atoms with van der Waals surface area (Å²) in [5.74, 6) is -0.130. The minimum absolute atomic E-state index is 0.0213. The van der Waals surface area contributed by atoms with E-state index < -0.39 is 5.97 Å². The molecule has 0 spiro atoms. The fraction of sp³-hybridized carbons (Fsp3) is 0.625. The zero-order valence-corrected chi connectivity index (χ0v) is 17.6. The summed E-state index contributed by atoms with van der Waals surface area (Å²) in [4.78, 5) is 10.7. The molecule has 28 heavy (non-hydrogen) atoms. The molecular formula is C24H39NO3. The smallest absolute Gasteiger partial charge is 0.307 e. The van der Waals surface area contributed by atoms with Gasteiger partial charge in [-0.25, -0.2) is 0 Å². The lowest BCUT2D eigenvalue weighted by molar-refractivity contribution is -0.135. The summed E-state index contributed by atoms with van der Waals surface area (Å²) < 4.78 is 5.89. The first kappa shape index (κ1) is 24.1. The summed E-state index contributed by atoms with van der Waals surface area (Å²) in [6.45, 7) is 2.93. The van der Waals surface area contributed by atoms with Gasteiger partial charge >= 0.3 is 5.97 Å². The maximum Gasteiger partial charge on any atom is 0.307 e. The van der Waals surface area contributed by atoms with Gasteiger partial charge in [0.1, 0.15) is 5.75 Å². The standard InChI is InChI=1S/C24H39NO3/c1-2-3-4-5-6-7-8-9-10-11-12-13-20-28-23-18-15-17-22(25)21(23)16-14-19-24(26)27/h14-18H,2-13,19-20,25H2,1H3,(H,26,27)/b16-14+. The van der Waals surface area contributed by atoms with Crippen LogP contribution in [0.4, 0.5) is 5.69 Å². The quantitative estimate of drug-likeness (QED) is 0.226. The maximum absolute atomic E-state index is 10.7. The maximum atomic E-state index is 10.7. The first-order valence-electron chi connectivity index (χ1n) is 11.0. The minimum Gasteiger partial charge on any atom is -0.493 e. The Labute approximate surface area is 171 Å². The fourth-order valence-electron chi connectivity index (χ4n) is 3.27. The average molecular weight is 390 g/mol. The molecule has 0 bridgehead atoms. The molecule has 158 valence electrons. The van der Waals surface area contributed by atoms with E-state index in [1.54, 1.807) is 18.2 Å². The van der Waals surface area contributed by atoms with E-state index in [1.165, 1.54) is 70.6 Å². The van der Waals surface area contributed by atoms with Gasteiger partial charge in [-0.05, 0) is 18.6 Å². The molecule has 1 aromatic carbocycles. The molecule has 3 N–H and O–H groups in total. The molecule has 1 aromatic rings. The molecule has 0 aliphatic heterocycles. The van der Waals surface area contributed by atoms with Crippen LogP contribution in [0.25, 0.3) is 6.08 Å². The Morgan fingerprint density at radius 1 is 0.964 bits per heavy atom. The number of rotatable bonds is 17. The van der Waals surface area contributed by atoms with Gasteiger partial charge < -0.3 is 15.6 Å². The predicted molar refractivity (Wildman–Crippen MR) is 119 cm³/mol. The molecule has 0 aliphatic carbocycles. The Bertz CT molecular complexity index is 569. The van der Waals surface area contributed by atoms with Crippen LogP contribution in [0.1, 0.15) is 96.0 Å². The van der Waals surface area contributed by atoms with Crippen molar-refractivity contribution in [3.05, 3.63) is 29.8 Å². The van der Waals surface area contributed by atoms with Crippen molar-refractivity contribution in [2.45, 2.75) is 90.4 Å². The number of carbonyl (C=O) groups is 1. The van der Waals surface area contributed by atoms with Crippen molar-refractivity contribution >= 4 is 17.7 Å². The number of unbranched alkanes of at least 4 members (excludes halogenated alkanes) is 11. The third kappa shape index (κ3) is 11.7. The molecule has 1 rings (SSSR count). The number of hydrogen-bond acceptors (Lipinski definition) is 3. The highest BCUT2D eigenvalue weighted by atomic mass is 16.5. The van der Waals surface area contributed by atoms with E-state index in [4.69, 9.17) is 15.6 Å². The van der Waals surface area contributed by atoms with Crippen LogP contribution in [0.5, 0.6) is 5.75 Å². The van der Waals surface area contributed by atoms with E-state index in [1.807, 2.05) is 12.1 Å². The van der Waals surface area contributed by atoms with Crippen molar-refractivity contribution in [2.75, 3.05) is 12.3 Å². The van der Waals surface area contributed by atoms with E-state index in [2.05, 4.69) is 6.92 Å². The van der Waals surface area contributed by atoms with Crippen LogP contribution in [0.15, 0.2) is 24.3 Å². The second kappa shape index (κ2) is 16.0. The van der Waals surface area contributed by atoms with Crippen molar-refractivity contribution in [2.24, 2.45) is 0 Å². The van der Waals surface area contributed by atoms with Crippen LogP contribution in [-0.2, 0) is 4.79 Å². The monoisotopic (exact) mass is 389 g/mol. The summed E-state index contributed by atoms with van der Waals surface area (Å²) in [6.07, 6.45) is 19.1. The van der Waals surface area contributed by atoms with Crippen LogP contribution >= 0.6 is 0 Å². The number of nitrogen functional groups attached to an aromatic ring is 1. The molecule has 0 aliphatic rings. The SMILES string of the molecule is CCCCCCCCCCCCCCOc1cccc(N)c1/C=C/CC(=O)O. The molecule has 0 radical (unpaired) electrons. The Hall–Kier alpha value is -1.97. The molecule has 0 heterocycles. The Balaban J connectivity index is 2.12. The van der Waals surface area contributed by atoms with E-state index in [9.17, 15) is 4.79 Å². The van der Waals surface area contributed by atoms with Gasteiger partial charge in [0.15, 0.2) is 0 Å². The normalized spacial score (nSPS) is 11.2. The summed E-state index contributed by atoms with van der Waals surface area (Å²) in [5.41, 5.74) is 7.38. The summed E-state index contributed by atoms with van der Waals surface area (Å²) in [5, 5.41) is 8.75. The fourth-order valence-corrected chi connectivity index (χ4v) is 3.27. The topological polar surface area (TPSA) is 72.5 Å². The van der Waals surface area contributed by atoms with Crippen molar-refractivity contribution < 1.29 is 14.6 Å². The summed E-state index contributed by atoms with van der Waals surface area (Å²) in [7, 11) is 0. The highest BCUT2D eigenvalue weighted by Gasteiger charge is 2.05. The van der Waals surface area contributed by atoms with Crippen LogP contribution in [-0.4, -0.2) is 17.7 Å². The molecule has 0 amide bonds. The van der Waals surface area contributed by atoms with Crippen LogP contribution in [0.2, 0.25) is 0 Å². The molecule has 0 saturated carbocycles. The van der Waals surface area contributed by atoms with E-state index in [0.29, 0.717) is 12.3 Å². The highest BCUT2D eigenvalue weighted by molar-refractivity contribution is 5.74. The first-order valence-corrected chi connectivity index (χ1v) is 11.0. The van der Waals surface area contributed by atoms with Crippen LogP contribution in [0.3, 0.4) is 0 Å². The number of hydrogen-bond donors (Lipinski definition) is 2. The predicted octanol–water partition coefficient (Wildman–Crippen LogP) is 6.84. The van der Waals surface area contributed by atoms with E-state index in [0.717, 1.165) is 17.7 Å². The minimum atomic E-state index is -0.857. The Kier molecular flexibility index (Phi) is 13.8. The van der Waals surface area contributed by atoms with Gasteiger partial charge in [-0.15, -0.1) is 0 Å². The number of ether oxygens (including phenoxy) is 1. The Morgan fingerprint density at radius 3 is 2.11 bits per heavy atom. The largest absolute Gasteiger partial charge is 0.493 e. The van der Waals surface area contributed by atoms with Gasteiger partial charge in [-0.2, -0.15) is 0 Å². The average Bonchev–Trinajstić information content (AvgIpc) is 2.67. The third-order valence-corrected chi connectivity index (χ3v) is 4.93. The number of aliphatic carboxylic acids is 1. The molecule has 4 nitrogen and oxygen atoms in total. The van der Waals surface area contributed by atoms with E-state index >= 15 is 0 Å². The number of carboxylic acids is 1. The molecule has 0 saturated heterocycles. The number of benzene rings is 1. The highest BCUT2D eigenvalue weighted by Crippen LogP contribution is 2.26. The lowest BCUT2D eigenvalue weighted by atomic mass is 10.1. The van der Waals surface area contributed by atoms with Gasteiger partial charge in [0.25, 0.3) is 0 Å². The van der Waals surface area contributed by atoms with Crippen molar-refractivity contribution in [3.8, 4) is 5.75 Å². The molecule has 0 atom stereocenters. The van der Waals surface area contributed by atoms with Crippen LogP contribution < -0.4 is 10.5 Å². The second-order valence-electron chi connectivity index (χ2n) is 7.50. The third-order valence-electron chi connectivity index (χ3n) is 4.93. The van der Waals surface area contributed by atoms with Gasteiger partial charge in [0, 0.05) is 11.3 Å². The second-order valence-corrected chi connectivity index (χ2v) is 7.50. The molecule has 0 unspecified atom stereocenters. The van der Waals surface area contributed by atoms with Gasteiger partial charge in [-0.3, -0.25) is 4.79 Å². The zero-order valence-electron chi connectivity index (χ0n) is 17.6. The van der Waals surface area contributed by atoms with Crippen molar-refractivity contribution in [3.63, 3.8) is 0 Å². The number of anilines is 1. The first-order chi connectivity index (χ1) is 13.6. The molecule has 4 heteroatoms. The van der Waals surface area contributed by atoms with Gasteiger partial charge in [-0.1, -0.05) is 95.8 Å². The molecule has 0 fully saturated rings. The van der Waals surface area contributed by atoms with Gasteiger partial charge in [0.2, 0.25) is 0 Å². The molecular weight excluding hydrogens is 350 g/mol. The van der Waals surface area contributed by atoms with E-state index in [-0.39, 0.29) is 6.42 Å². The lowest BCUT2D eigenvalue weighted by Crippen LogP contribution is -2.01. The van der Waals surface area contributed by atoms with Gasteiger partial charge in [0.05, 0.1) is 13.0 Å². The number of carboxylic acid groups (broad SMARTS) is 1. The molecule has 0 aromatic heterocycles. The number of nitrogens with two attached hydrogens (primary N) is 1. The zero-order chi connectivity index (χ0) is 20.5. The van der Waals surface area contributed by atoms with Crippen LogP contribution in [0, 0.1) is 0 Å². The van der Waals surface area contributed by atoms with Crippen molar-refractivity contribution in [1.29, 1.82) is 0 Å². The van der Waals surface area contributed by atoms with Crippen molar-refractivity contribution in [1.82, 2.24) is 0 Å². The summed E-state index contributed by atoms with van der Waals surface area (Å²) >= 11 is 0. The Morgan fingerprint density at radius 2 is 1.54 bits per heavy atom. The summed E-state index contributed by atoms with van der Waals surface area (Å²) in [6, 6.07) is 5.55.